The highest BCUT2D eigenvalue weighted by Gasteiger charge is 2.23. The molecule has 0 heterocycles. The molecule has 4 nitrogen and oxygen atoms in total. The second-order valence-corrected chi connectivity index (χ2v) is 4.33. The first kappa shape index (κ1) is 13.9. The lowest BCUT2D eigenvalue weighted by Crippen LogP contribution is -2.28. The first-order valence-electron chi connectivity index (χ1n) is 5.71. The molecule has 0 saturated carbocycles. The molecule has 1 aromatic rings. The molecule has 1 amide bonds. The molecule has 0 aromatic heterocycles. The molecule has 0 radical (unpaired) electrons. The van der Waals surface area contributed by atoms with Crippen molar-refractivity contribution in [3.8, 4) is 6.07 Å². The molecule has 18 heavy (non-hydrogen) atoms. The van der Waals surface area contributed by atoms with Gasteiger partial charge >= 0.3 is 0 Å². The van der Waals surface area contributed by atoms with Crippen molar-refractivity contribution in [2.75, 3.05) is 5.32 Å². The Balaban J connectivity index is 2.86. The van der Waals surface area contributed by atoms with Crippen LogP contribution in [0.3, 0.4) is 0 Å². The van der Waals surface area contributed by atoms with E-state index in [1.807, 2.05) is 32.0 Å². The molecule has 0 bridgehead atoms. The molecule has 1 N–H and O–H groups in total. The van der Waals surface area contributed by atoms with Crippen molar-refractivity contribution in [2.45, 2.75) is 27.2 Å². The molecule has 0 fully saturated rings. The molecule has 1 aromatic carbocycles. The summed E-state index contributed by atoms with van der Waals surface area (Å²) in [4.78, 5) is 23.2. The van der Waals surface area contributed by atoms with Gasteiger partial charge in [-0.25, -0.2) is 0 Å². The molecular weight excluding hydrogens is 228 g/mol. The van der Waals surface area contributed by atoms with Crippen molar-refractivity contribution in [3.05, 3.63) is 29.3 Å². The summed E-state index contributed by atoms with van der Waals surface area (Å²) >= 11 is 0. The third kappa shape index (κ3) is 3.42. The number of nitrogens with one attached hydrogen (secondary N) is 1. The lowest BCUT2D eigenvalue weighted by molar-refractivity contribution is -0.129. The molecule has 0 aliphatic heterocycles. The van der Waals surface area contributed by atoms with Gasteiger partial charge in [-0.3, -0.25) is 9.59 Å². The van der Waals surface area contributed by atoms with Crippen molar-refractivity contribution in [1.82, 2.24) is 0 Å². The maximum absolute atomic E-state index is 11.9. The number of aryl methyl sites for hydroxylation is 2. The molecule has 1 rings (SSSR count). The fourth-order valence-corrected chi connectivity index (χ4v) is 1.69. The van der Waals surface area contributed by atoms with Crippen LogP contribution < -0.4 is 5.32 Å². The van der Waals surface area contributed by atoms with Gasteiger partial charge in [0.15, 0.2) is 0 Å². The van der Waals surface area contributed by atoms with Gasteiger partial charge < -0.3 is 5.32 Å². The summed E-state index contributed by atoms with van der Waals surface area (Å²) in [5, 5.41) is 11.3. The van der Waals surface area contributed by atoms with E-state index in [0.717, 1.165) is 11.1 Å². The summed E-state index contributed by atoms with van der Waals surface area (Å²) in [6.45, 7) is 5.17. The van der Waals surface area contributed by atoms with E-state index in [1.54, 1.807) is 6.07 Å². The summed E-state index contributed by atoms with van der Waals surface area (Å²) in [5.74, 6) is -1.61. The average Bonchev–Trinajstić information content (AvgIpc) is 2.29. The number of hydrogen-bond acceptors (Lipinski definition) is 3. The number of benzene rings is 1. The summed E-state index contributed by atoms with van der Waals surface area (Å²) in [7, 11) is 0. The van der Waals surface area contributed by atoms with Crippen LogP contribution in [0.1, 0.15) is 24.5 Å². The highest BCUT2D eigenvalue weighted by molar-refractivity contribution is 6.06. The van der Waals surface area contributed by atoms with E-state index in [1.165, 1.54) is 6.92 Å². The number of amides is 1. The van der Waals surface area contributed by atoms with Crippen molar-refractivity contribution in [2.24, 2.45) is 5.92 Å². The van der Waals surface area contributed by atoms with Crippen molar-refractivity contribution < 1.29 is 9.59 Å². The Hall–Kier alpha value is -2.15. The predicted octanol–water partition coefficient (Wildman–Crippen LogP) is 2.36. The predicted molar refractivity (Wildman–Crippen MR) is 68.9 cm³/mol. The zero-order valence-corrected chi connectivity index (χ0v) is 10.8. The third-order valence-electron chi connectivity index (χ3n) is 2.74. The van der Waals surface area contributed by atoms with Gasteiger partial charge in [0.2, 0.25) is 5.91 Å². The van der Waals surface area contributed by atoms with Crippen LogP contribution in [0.15, 0.2) is 18.2 Å². The number of hydrogen-bond donors (Lipinski definition) is 1. The van der Waals surface area contributed by atoms with E-state index in [-0.39, 0.29) is 12.2 Å². The van der Waals surface area contributed by atoms with Crippen molar-refractivity contribution in [1.29, 1.82) is 5.26 Å². The van der Waals surface area contributed by atoms with Gasteiger partial charge in [-0.05, 0) is 32.4 Å². The Labute approximate surface area is 107 Å². The maximum atomic E-state index is 11.9. The fraction of sp³-hybridized carbons (Fsp3) is 0.357. The van der Waals surface area contributed by atoms with Crippen molar-refractivity contribution >= 4 is 17.4 Å². The fourth-order valence-electron chi connectivity index (χ4n) is 1.69. The van der Waals surface area contributed by atoms with E-state index in [4.69, 9.17) is 5.26 Å². The zero-order valence-electron chi connectivity index (χ0n) is 10.8. The van der Waals surface area contributed by atoms with Gasteiger partial charge in [0, 0.05) is 5.69 Å². The van der Waals surface area contributed by atoms with Gasteiger partial charge in [0.1, 0.15) is 11.7 Å². The summed E-state index contributed by atoms with van der Waals surface area (Å²) < 4.78 is 0. The van der Waals surface area contributed by atoms with Crippen LogP contribution >= 0.6 is 0 Å². The van der Waals surface area contributed by atoms with Gasteiger partial charge in [-0.15, -0.1) is 0 Å². The van der Waals surface area contributed by atoms with Gasteiger partial charge in [-0.2, -0.15) is 5.26 Å². The van der Waals surface area contributed by atoms with Crippen LogP contribution in [0, 0.1) is 31.1 Å². The highest BCUT2D eigenvalue weighted by atomic mass is 16.2. The lowest BCUT2D eigenvalue weighted by Gasteiger charge is -2.13. The van der Waals surface area contributed by atoms with Crippen LogP contribution in [0.2, 0.25) is 0 Å². The molecule has 0 spiro atoms. The van der Waals surface area contributed by atoms with Crippen LogP contribution in [-0.4, -0.2) is 11.7 Å². The summed E-state index contributed by atoms with van der Waals surface area (Å²) in [6.07, 6.45) is -0.0912. The highest BCUT2D eigenvalue weighted by Crippen LogP contribution is 2.17. The Morgan fingerprint density at radius 1 is 1.39 bits per heavy atom. The Morgan fingerprint density at radius 2 is 2.06 bits per heavy atom. The second kappa shape index (κ2) is 5.97. The Bertz CT molecular complexity index is 515. The number of carbonyl (C=O) groups is 2. The molecule has 1 unspecified atom stereocenters. The molecule has 0 aliphatic carbocycles. The molecular formula is C14H16N2O2. The van der Waals surface area contributed by atoms with E-state index in [9.17, 15) is 9.59 Å². The smallest absolute Gasteiger partial charge is 0.236 e. The lowest BCUT2D eigenvalue weighted by atomic mass is 10.0. The van der Waals surface area contributed by atoms with E-state index < -0.39 is 11.8 Å². The van der Waals surface area contributed by atoms with Crippen LogP contribution in [0.4, 0.5) is 5.69 Å². The van der Waals surface area contributed by atoms with Crippen LogP contribution in [0.25, 0.3) is 0 Å². The van der Waals surface area contributed by atoms with Gasteiger partial charge in [-0.1, -0.05) is 17.7 Å². The normalized spacial score (nSPS) is 11.4. The van der Waals surface area contributed by atoms with Gasteiger partial charge in [0.25, 0.3) is 0 Å². The van der Waals surface area contributed by atoms with Crippen LogP contribution in [0.5, 0.6) is 0 Å². The number of nitriles is 1. The minimum absolute atomic E-state index is 0.0912. The number of anilines is 1. The monoisotopic (exact) mass is 244 g/mol. The molecule has 4 heteroatoms. The molecule has 94 valence electrons. The molecule has 0 saturated heterocycles. The number of ketones is 1. The largest absolute Gasteiger partial charge is 0.325 e. The number of Topliss-reactive ketones (excluding diaryl/α,β-unsaturated/α-hetero) is 1. The SMILES string of the molecule is CC(=O)C(CC#N)C(=O)Nc1ccc(C)cc1C. The summed E-state index contributed by atoms with van der Waals surface area (Å²) in [6, 6.07) is 7.49. The molecule has 1 atom stereocenters. The minimum atomic E-state index is -0.893. The average molecular weight is 244 g/mol. The second-order valence-electron chi connectivity index (χ2n) is 4.33. The maximum Gasteiger partial charge on any atom is 0.236 e. The Kier molecular flexibility index (Phi) is 4.61. The standard InChI is InChI=1S/C14H16N2O2/c1-9-4-5-13(10(2)8-9)16-14(18)12(6-7-15)11(3)17/h4-5,8,12H,6H2,1-3H3,(H,16,18). The number of nitrogens with zero attached hydrogens (tertiary/aromatic N) is 1. The summed E-state index contributed by atoms with van der Waals surface area (Å²) in [5.41, 5.74) is 2.71. The quantitative estimate of drug-likeness (QED) is 0.826. The van der Waals surface area contributed by atoms with E-state index >= 15 is 0 Å². The Morgan fingerprint density at radius 3 is 2.56 bits per heavy atom. The van der Waals surface area contributed by atoms with Gasteiger partial charge in [0.05, 0.1) is 12.5 Å². The number of rotatable bonds is 4. The van der Waals surface area contributed by atoms with E-state index in [2.05, 4.69) is 5.32 Å². The van der Waals surface area contributed by atoms with Crippen LogP contribution in [-0.2, 0) is 9.59 Å². The van der Waals surface area contributed by atoms with Crippen molar-refractivity contribution in [3.63, 3.8) is 0 Å². The third-order valence-corrected chi connectivity index (χ3v) is 2.74. The minimum Gasteiger partial charge on any atom is -0.325 e. The topological polar surface area (TPSA) is 70.0 Å². The first-order valence-corrected chi connectivity index (χ1v) is 5.71. The van der Waals surface area contributed by atoms with E-state index in [0.29, 0.717) is 5.69 Å². The zero-order chi connectivity index (χ0) is 13.7. The molecule has 0 aliphatic rings. The number of carbonyl (C=O) groups excluding carboxylic acids is 2. The first-order chi connectivity index (χ1) is 8.45.